The number of hydrogen-bond acceptors (Lipinski definition) is 6. The lowest BCUT2D eigenvalue weighted by atomic mass is 9.95. The number of carbonyl (C=O) groups is 1. The number of nitrogens with one attached hydrogen (secondary N) is 1. The molecule has 3 rings (SSSR count). The van der Waals surface area contributed by atoms with Gasteiger partial charge in [-0.2, -0.15) is 18.3 Å². The van der Waals surface area contributed by atoms with Gasteiger partial charge in [0.15, 0.2) is 17.2 Å². The number of carbonyl (C=O) groups excluding carboxylic acids is 1. The van der Waals surface area contributed by atoms with Crippen molar-refractivity contribution in [3.05, 3.63) is 44.8 Å². The summed E-state index contributed by atoms with van der Waals surface area (Å²) < 4.78 is 51.2. The summed E-state index contributed by atoms with van der Waals surface area (Å²) in [6, 6.07) is 2.26. The average molecular weight is 442 g/mol. The predicted octanol–water partition coefficient (Wildman–Crippen LogP) is 3.14. The second kappa shape index (κ2) is 8.82. The van der Waals surface area contributed by atoms with E-state index in [1.165, 1.54) is 25.0 Å². The van der Waals surface area contributed by atoms with Crippen molar-refractivity contribution in [1.82, 2.24) is 15.1 Å². The lowest BCUT2D eigenvalue weighted by molar-refractivity contribution is -0.385. The highest BCUT2D eigenvalue weighted by molar-refractivity contribution is 5.99. The molecule has 0 aliphatic heterocycles. The van der Waals surface area contributed by atoms with Crippen molar-refractivity contribution in [3.63, 3.8) is 0 Å². The van der Waals surface area contributed by atoms with Crippen molar-refractivity contribution in [2.24, 2.45) is 0 Å². The molecule has 1 aliphatic carbocycles. The van der Waals surface area contributed by atoms with Gasteiger partial charge in [0.05, 0.1) is 31.8 Å². The van der Waals surface area contributed by atoms with Crippen molar-refractivity contribution in [3.8, 4) is 11.5 Å². The SMILES string of the molecule is COc1cc(C(=O)NCCn2nc(C(F)(F)F)c3c2CCCC3)c([N+](=O)[O-])cc1OC. The Bertz CT molecular complexity index is 1000. The topological polar surface area (TPSA) is 109 Å². The van der Waals surface area contributed by atoms with Crippen LogP contribution in [0.2, 0.25) is 0 Å². The standard InChI is InChI=1S/C19H21F3N4O5/c1-30-15-9-12(14(26(28)29)10-16(15)31-2)18(27)23-7-8-25-13-6-4-3-5-11(13)17(24-25)19(20,21)22/h9-10H,3-8H2,1-2H3,(H,23,27). The van der Waals surface area contributed by atoms with E-state index in [1.807, 2.05) is 0 Å². The molecule has 168 valence electrons. The highest BCUT2D eigenvalue weighted by Gasteiger charge is 2.39. The third kappa shape index (κ3) is 4.57. The van der Waals surface area contributed by atoms with Crippen molar-refractivity contribution in [2.45, 2.75) is 38.4 Å². The summed E-state index contributed by atoms with van der Waals surface area (Å²) in [5.74, 6) is -0.535. The monoisotopic (exact) mass is 442 g/mol. The van der Waals surface area contributed by atoms with Crippen LogP contribution in [-0.2, 0) is 25.6 Å². The molecule has 0 atom stereocenters. The number of alkyl halides is 3. The first-order valence-corrected chi connectivity index (χ1v) is 9.51. The molecular formula is C19H21F3N4O5. The zero-order chi connectivity index (χ0) is 22.8. The number of benzene rings is 1. The number of rotatable bonds is 7. The quantitative estimate of drug-likeness (QED) is 0.521. The van der Waals surface area contributed by atoms with Gasteiger partial charge in [-0.25, -0.2) is 0 Å². The first kappa shape index (κ1) is 22.4. The molecule has 1 aromatic carbocycles. The van der Waals surface area contributed by atoms with E-state index >= 15 is 0 Å². The summed E-state index contributed by atoms with van der Waals surface area (Å²) in [6.07, 6.45) is -2.32. The van der Waals surface area contributed by atoms with Gasteiger partial charge in [-0.05, 0) is 25.7 Å². The lowest BCUT2D eigenvalue weighted by Gasteiger charge is -2.15. The number of nitro benzene ring substituents is 1. The van der Waals surface area contributed by atoms with E-state index in [-0.39, 0.29) is 35.7 Å². The molecule has 0 fully saturated rings. The number of nitrogens with zero attached hydrogens (tertiary/aromatic N) is 3. The first-order chi connectivity index (χ1) is 14.7. The molecule has 31 heavy (non-hydrogen) atoms. The van der Waals surface area contributed by atoms with Crippen LogP contribution in [0.1, 0.15) is 40.2 Å². The Labute approximate surface area is 175 Å². The van der Waals surface area contributed by atoms with E-state index in [1.54, 1.807) is 0 Å². The fourth-order valence-electron chi connectivity index (χ4n) is 3.66. The number of hydrogen-bond donors (Lipinski definition) is 1. The van der Waals surface area contributed by atoms with Crippen LogP contribution in [-0.4, -0.2) is 41.4 Å². The van der Waals surface area contributed by atoms with Crippen LogP contribution < -0.4 is 14.8 Å². The van der Waals surface area contributed by atoms with Crippen molar-refractivity contribution >= 4 is 11.6 Å². The molecule has 0 unspecified atom stereocenters. The van der Waals surface area contributed by atoms with Gasteiger partial charge in [0.25, 0.3) is 11.6 Å². The van der Waals surface area contributed by atoms with Crippen LogP contribution in [0.25, 0.3) is 0 Å². The number of fused-ring (bicyclic) bond motifs is 1. The number of methoxy groups -OCH3 is 2. The smallest absolute Gasteiger partial charge is 0.435 e. The molecular weight excluding hydrogens is 421 g/mol. The van der Waals surface area contributed by atoms with Gasteiger partial charge >= 0.3 is 6.18 Å². The maximum absolute atomic E-state index is 13.3. The molecule has 0 bridgehead atoms. The lowest BCUT2D eigenvalue weighted by Crippen LogP contribution is -2.29. The van der Waals surface area contributed by atoms with E-state index in [9.17, 15) is 28.1 Å². The fraction of sp³-hybridized carbons (Fsp3) is 0.474. The van der Waals surface area contributed by atoms with Gasteiger partial charge in [0, 0.05) is 23.9 Å². The van der Waals surface area contributed by atoms with E-state index in [0.29, 0.717) is 25.0 Å². The number of amides is 1. The summed E-state index contributed by atoms with van der Waals surface area (Å²) in [5, 5.41) is 17.6. The number of nitro groups is 1. The van der Waals surface area contributed by atoms with E-state index in [4.69, 9.17) is 9.47 Å². The third-order valence-electron chi connectivity index (χ3n) is 5.08. The molecule has 1 heterocycles. The molecule has 1 aromatic heterocycles. The Morgan fingerprint density at radius 3 is 2.48 bits per heavy atom. The summed E-state index contributed by atoms with van der Waals surface area (Å²) in [5.41, 5.74) is -0.887. The van der Waals surface area contributed by atoms with E-state index in [0.717, 1.165) is 12.5 Å². The highest BCUT2D eigenvalue weighted by atomic mass is 19.4. The molecule has 2 aromatic rings. The number of ether oxygens (including phenoxy) is 2. The Kier molecular flexibility index (Phi) is 6.37. The Hall–Kier alpha value is -3.31. The second-order valence-electron chi connectivity index (χ2n) is 6.94. The zero-order valence-electron chi connectivity index (χ0n) is 16.9. The van der Waals surface area contributed by atoms with Crippen LogP contribution in [0.3, 0.4) is 0 Å². The minimum atomic E-state index is -4.55. The van der Waals surface area contributed by atoms with Gasteiger partial charge in [-0.1, -0.05) is 0 Å². The summed E-state index contributed by atoms with van der Waals surface area (Å²) in [6.45, 7) is -0.0546. The fourth-order valence-corrected chi connectivity index (χ4v) is 3.66. The maximum atomic E-state index is 13.3. The Morgan fingerprint density at radius 2 is 1.87 bits per heavy atom. The van der Waals surface area contributed by atoms with Crippen LogP contribution in [0.4, 0.5) is 18.9 Å². The largest absolute Gasteiger partial charge is 0.493 e. The summed E-state index contributed by atoms with van der Waals surface area (Å²) in [7, 11) is 2.63. The van der Waals surface area contributed by atoms with Gasteiger partial charge < -0.3 is 14.8 Å². The van der Waals surface area contributed by atoms with Crippen molar-refractivity contribution in [2.75, 3.05) is 20.8 Å². The van der Waals surface area contributed by atoms with Crippen molar-refractivity contribution in [1.29, 1.82) is 0 Å². The van der Waals surface area contributed by atoms with E-state index in [2.05, 4.69) is 10.4 Å². The van der Waals surface area contributed by atoms with Crippen molar-refractivity contribution < 1.29 is 32.4 Å². The first-order valence-electron chi connectivity index (χ1n) is 9.51. The normalized spacial score (nSPS) is 13.5. The van der Waals surface area contributed by atoms with Crippen LogP contribution in [0, 0.1) is 10.1 Å². The van der Waals surface area contributed by atoms with Gasteiger partial charge in [-0.15, -0.1) is 0 Å². The minimum absolute atomic E-state index is 0.00520. The number of aromatic nitrogens is 2. The molecule has 0 saturated carbocycles. The van der Waals surface area contributed by atoms with Gasteiger partial charge in [0.2, 0.25) is 0 Å². The predicted molar refractivity (Wildman–Crippen MR) is 102 cm³/mol. The maximum Gasteiger partial charge on any atom is 0.435 e. The molecule has 12 heteroatoms. The third-order valence-corrected chi connectivity index (χ3v) is 5.08. The summed E-state index contributed by atoms with van der Waals surface area (Å²) in [4.78, 5) is 23.2. The molecule has 0 saturated heterocycles. The molecule has 1 N–H and O–H groups in total. The Balaban J connectivity index is 1.78. The van der Waals surface area contributed by atoms with Crippen LogP contribution in [0.15, 0.2) is 12.1 Å². The van der Waals surface area contributed by atoms with Gasteiger partial charge in [0.1, 0.15) is 5.56 Å². The van der Waals surface area contributed by atoms with E-state index < -0.39 is 28.4 Å². The Morgan fingerprint density at radius 1 is 1.23 bits per heavy atom. The van der Waals surface area contributed by atoms with Crippen LogP contribution in [0.5, 0.6) is 11.5 Å². The van der Waals surface area contributed by atoms with Crippen LogP contribution >= 0.6 is 0 Å². The molecule has 1 aliphatic rings. The molecule has 1 amide bonds. The second-order valence-corrected chi connectivity index (χ2v) is 6.94. The summed E-state index contributed by atoms with van der Waals surface area (Å²) >= 11 is 0. The minimum Gasteiger partial charge on any atom is -0.493 e. The molecule has 0 spiro atoms. The molecule has 0 radical (unpaired) electrons. The average Bonchev–Trinajstić information content (AvgIpc) is 3.11. The number of halogens is 3. The molecule has 9 nitrogen and oxygen atoms in total. The zero-order valence-corrected chi connectivity index (χ0v) is 16.9. The van der Waals surface area contributed by atoms with Gasteiger partial charge in [-0.3, -0.25) is 19.6 Å². The highest BCUT2D eigenvalue weighted by Crippen LogP contribution is 2.36.